The van der Waals surface area contributed by atoms with Gasteiger partial charge in [-0.15, -0.1) is 0 Å². The fourth-order valence-electron chi connectivity index (χ4n) is 2.98. The van der Waals surface area contributed by atoms with E-state index in [0.29, 0.717) is 5.56 Å². The number of benzene rings is 2. The Bertz CT molecular complexity index is 956. The highest BCUT2D eigenvalue weighted by Crippen LogP contribution is 2.32. The van der Waals surface area contributed by atoms with Crippen LogP contribution in [0.3, 0.4) is 0 Å². The number of hydrogen-bond donors (Lipinski definition) is 1. The summed E-state index contributed by atoms with van der Waals surface area (Å²) in [6.07, 6.45) is 2.17. The number of nitrogens with zero attached hydrogens (tertiary/aromatic N) is 2. The Morgan fingerprint density at radius 1 is 1.08 bits per heavy atom. The molecule has 0 bridgehead atoms. The van der Waals surface area contributed by atoms with Gasteiger partial charge in [-0.1, -0.05) is 49.7 Å². The van der Waals surface area contributed by atoms with E-state index in [2.05, 4.69) is 30.1 Å². The highest BCUT2D eigenvalue weighted by molar-refractivity contribution is 5.80. The van der Waals surface area contributed by atoms with Crippen LogP contribution in [0.25, 0.3) is 22.4 Å². The maximum atomic E-state index is 9.54. The van der Waals surface area contributed by atoms with Gasteiger partial charge in [0.1, 0.15) is 23.2 Å². The molecule has 26 heavy (non-hydrogen) atoms. The minimum Gasteiger partial charge on any atom is -0.497 e. The third-order valence-electron chi connectivity index (χ3n) is 4.33. The molecule has 4 nitrogen and oxygen atoms in total. The molecule has 0 fully saturated rings. The average molecular weight is 343 g/mol. The third kappa shape index (κ3) is 3.52. The minimum absolute atomic E-state index is 0.237. The Labute approximate surface area is 153 Å². The molecule has 0 spiro atoms. The molecule has 3 aromatic rings. The van der Waals surface area contributed by atoms with Gasteiger partial charge >= 0.3 is 0 Å². The number of aromatic nitrogens is 1. The van der Waals surface area contributed by atoms with E-state index in [4.69, 9.17) is 10.5 Å². The van der Waals surface area contributed by atoms with Crippen LogP contribution >= 0.6 is 0 Å². The molecule has 0 aliphatic rings. The maximum Gasteiger partial charge on any atom is 0.142 e. The molecule has 0 unspecified atom stereocenters. The van der Waals surface area contributed by atoms with Gasteiger partial charge in [-0.3, -0.25) is 0 Å². The molecule has 2 N–H and O–H groups in total. The molecule has 1 heterocycles. The van der Waals surface area contributed by atoms with Gasteiger partial charge in [-0.2, -0.15) is 5.26 Å². The van der Waals surface area contributed by atoms with Crippen LogP contribution in [-0.2, 0) is 6.42 Å². The lowest BCUT2D eigenvalue weighted by atomic mass is 9.97. The monoisotopic (exact) mass is 343 g/mol. The number of methoxy groups -OCH3 is 1. The van der Waals surface area contributed by atoms with Crippen LogP contribution in [0.5, 0.6) is 5.75 Å². The van der Waals surface area contributed by atoms with Crippen molar-refractivity contribution in [1.82, 2.24) is 4.98 Å². The van der Waals surface area contributed by atoms with E-state index in [0.717, 1.165) is 41.0 Å². The van der Waals surface area contributed by atoms with Crippen molar-refractivity contribution in [1.29, 1.82) is 5.26 Å². The van der Waals surface area contributed by atoms with Gasteiger partial charge in [0.2, 0.25) is 0 Å². The number of nitrogen functional groups attached to an aromatic ring is 1. The van der Waals surface area contributed by atoms with Gasteiger partial charge in [0, 0.05) is 11.1 Å². The molecule has 4 heteroatoms. The molecule has 0 amide bonds. The molecule has 0 aliphatic carbocycles. The summed E-state index contributed by atoms with van der Waals surface area (Å²) < 4.78 is 5.30. The van der Waals surface area contributed by atoms with E-state index in [1.807, 2.05) is 42.5 Å². The number of ether oxygens (including phenoxy) is 1. The Morgan fingerprint density at radius 3 is 2.50 bits per heavy atom. The smallest absolute Gasteiger partial charge is 0.142 e. The number of anilines is 1. The lowest BCUT2D eigenvalue weighted by Crippen LogP contribution is -2.00. The molecule has 2 aromatic carbocycles. The first-order valence-corrected chi connectivity index (χ1v) is 8.60. The SMILES string of the molecule is CCCc1ccc(-c2cc(-c3cccc(OC)c3)c(C#N)c(N)n2)cc1. The summed E-state index contributed by atoms with van der Waals surface area (Å²) in [5.41, 5.74) is 11.1. The van der Waals surface area contributed by atoms with E-state index < -0.39 is 0 Å². The summed E-state index contributed by atoms with van der Waals surface area (Å²) in [7, 11) is 1.62. The highest BCUT2D eigenvalue weighted by atomic mass is 16.5. The minimum atomic E-state index is 0.237. The lowest BCUT2D eigenvalue weighted by molar-refractivity contribution is 0.415. The Kier molecular flexibility index (Phi) is 5.19. The molecule has 0 aliphatic heterocycles. The van der Waals surface area contributed by atoms with Crippen molar-refractivity contribution in [3.8, 4) is 34.2 Å². The zero-order valence-corrected chi connectivity index (χ0v) is 15.0. The molecular weight excluding hydrogens is 322 g/mol. The second-order valence-electron chi connectivity index (χ2n) is 6.11. The summed E-state index contributed by atoms with van der Waals surface area (Å²) in [5.74, 6) is 0.965. The Hall–Kier alpha value is -3.32. The summed E-state index contributed by atoms with van der Waals surface area (Å²) in [6.45, 7) is 2.16. The van der Waals surface area contributed by atoms with Gasteiger partial charge in [0.15, 0.2) is 0 Å². The Morgan fingerprint density at radius 2 is 1.85 bits per heavy atom. The van der Waals surface area contributed by atoms with Gasteiger partial charge in [-0.25, -0.2) is 4.98 Å². The lowest BCUT2D eigenvalue weighted by Gasteiger charge is -2.11. The predicted molar refractivity (Wildman–Crippen MR) is 105 cm³/mol. The second kappa shape index (κ2) is 7.71. The van der Waals surface area contributed by atoms with Gasteiger partial charge < -0.3 is 10.5 Å². The van der Waals surface area contributed by atoms with E-state index in [1.54, 1.807) is 7.11 Å². The largest absolute Gasteiger partial charge is 0.497 e. The van der Waals surface area contributed by atoms with Gasteiger partial charge in [0.05, 0.1) is 12.8 Å². The summed E-state index contributed by atoms with van der Waals surface area (Å²) in [4.78, 5) is 4.44. The van der Waals surface area contributed by atoms with E-state index in [-0.39, 0.29) is 5.82 Å². The molecule has 0 radical (unpaired) electrons. The predicted octanol–water partition coefficient (Wildman–Crippen LogP) is 4.83. The van der Waals surface area contributed by atoms with E-state index in [1.165, 1.54) is 5.56 Å². The van der Waals surface area contributed by atoms with E-state index >= 15 is 0 Å². The first kappa shape index (κ1) is 17.5. The normalized spacial score (nSPS) is 10.3. The third-order valence-corrected chi connectivity index (χ3v) is 4.33. The van der Waals surface area contributed by atoms with Crippen molar-refractivity contribution in [3.63, 3.8) is 0 Å². The zero-order valence-electron chi connectivity index (χ0n) is 15.0. The molecule has 1 aromatic heterocycles. The van der Waals surface area contributed by atoms with Crippen LogP contribution < -0.4 is 10.5 Å². The fraction of sp³-hybridized carbons (Fsp3) is 0.182. The molecule has 0 atom stereocenters. The standard InChI is InChI=1S/C22H21N3O/c1-3-5-15-8-10-16(11-9-15)21-13-19(20(14-23)22(24)25-21)17-6-4-7-18(12-17)26-2/h4,6-13H,3,5H2,1-2H3,(H2,24,25). The quantitative estimate of drug-likeness (QED) is 0.720. The van der Waals surface area contributed by atoms with Gasteiger partial charge in [0.25, 0.3) is 0 Å². The topological polar surface area (TPSA) is 71.9 Å². The number of nitriles is 1. The molecule has 0 saturated heterocycles. The van der Waals surface area contributed by atoms with Crippen molar-refractivity contribution < 1.29 is 4.74 Å². The zero-order chi connectivity index (χ0) is 18.5. The number of nitrogens with two attached hydrogens (primary N) is 1. The number of aryl methyl sites for hydroxylation is 1. The van der Waals surface area contributed by atoms with Crippen molar-refractivity contribution in [2.45, 2.75) is 19.8 Å². The first-order chi connectivity index (χ1) is 12.7. The molecular formula is C22H21N3O. The van der Waals surface area contributed by atoms with Gasteiger partial charge in [-0.05, 0) is 35.7 Å². The fourth-order valence-corrected chi connectivity index (χ4v) is 2.98. The first-order valence-electron chi connectivity index (χ1n) is 8.60. The number of pyridine rings is 1. The molecule has 0 saturated carbocycles. The van der Waals surface area contributed by atoms with Crippen LogP contribution in [-0.4, -0.2) is 12.1 Å². The van der Waals surface area contributed by atoms with Crippen molar-refractivity contribution >= 4 is 5.82 Å². The van der Waals surface area contributed by atoms with Crippen LogP contribution in [0.2, 0.25) is 0 Å². The van der Waals surface area contributed by atoms with Crippen molar-refractivity contribution in [2.24, 2.45) is 0 Å². The number of hydrogen-bond acceptors (Lipinski definition) is 4. The average Bonchev–Trinajstić information content (AvgIpc) is 2.68. The van der Waals surface area contributed by atoms with Crippen LogP contribution in [0.15, 0.2) is 54.6 Å². The Balaban J connectivity index is 2.11. The summed E-state index contributed by atoms with van der Waals surface area (Å²) in [6, 6.07) is 20.0. The highest BCUT2D eigenvalue weighted by Gasteiger charge is 2.14. The van der Waals surface area contributed by atoms with Crippen LogP contribution in [0, 0.1) is 11.3 Å². The second-order valence-corrected chi connectivity index (χ2v) is 6.11. The van der Waals surface area contributed by atoms with E-state index in [9.17, 15) is 5.26 Å². The van der Waals surface area contributed by atoms with Crippen molar-refractivity contribution in [2.75, 3.05) is 12.8 Å². The van der Waals surface area contributed by atoms with Crippen LogP contribution in [0.1, 0.15) is 24.5 Å². The number of rotatable bonds is 5. The summed E-state index contributed by atoms with van der Waals surface area (Å²) in [5, 5.41) is 9.54. The maximum absolute atomic E-state index is 9.54. The van der Waals surface area contributed by atoms with Crippen molar-refractivity contribution in [3.05, 3.63) is 65.7 Å². The summed E-state index contributed by atoms with van der Waals surface area (Å²) >= 11 is 0. The molecule has 3 rings (SSSR count). The molecule has 130 valence electrons. The van der Waals surface area contributed by atoms with Crippen LogP contribution in [0.4, 0.5) is 5.82 Å².